The molecule has 4 aromatic rings. The lowest BCUT2D eigenvalue weighted by atomic mass is 10.2. The Balaban J connectivity index is 1.77. The van der Waals surface area contributed by atoms with Gasteiger partial charge in [-0.25, -0.2) is 26.6 Å². The highest BCUT2D eigenvalue weighted by atomic mass is 35.5. The van der Waals surface area contributed by atoms with Crippen molar-refractivity contribution in [2.45, 2.75) is 17.7 Å². The number of nitrogens with one attached hydrogen (secondary N) is 2. The summed E-state index contributed by atoms with van der Waals surface area (Å²) in [7, 11) is -1.78. The second-order valence-corrected chi connectivity index (χ2v) is 8.73. The Labute approximate surface area is 191 Å². The number of halogens is 3. The van der Waals surface area contributed by atoms with Gasteiger partial charge in [0.1, 0.15) is 10.6 Å². The molecular weight excluding hydrogens is 482 g/mol. The third kappa shape index (κ3) is 4.28. The van der Waals surface area contributed by atoms with Gasteiger partial charge < -0.3 is 14.5 Å². The zero-order valence-corrected chi connectivity index (χ0v) is 18.8. The molecule has 1 aromatic carbocycles. The van der Waals surface area contributed by atoms with Crippen LogP contribution in [0, 0.1) is 0 Å². The summed E-state index contributed by atoms with van der Waals surface area (Å²) >= 11 is 6.32. The molecule has 0 atom stereocenters. The number of benzene rings is 1. The number of aromatic nitrogens is 5. The molecule has 2 N–H and O–H groups in total. The van der Waals surface area contributed by atoms with Crippen molar-refractivity contribution in [2.75, 3.05) is 18.9 Å². The van der Waals surface area contributed by atoms with Crippen LogP contribution < -0.4 is 14.2 Å². The van der Waals surface area contributed by atoms with Gasteiger partial charge in [-0.1, -0.05) is 11.6 Å². The van der Waals surface area contributed by atoms with Gasteiger partial charge in [0.25, 0.3) is 10.0 Å². The number of hydrogen-bond donors (Lipinski definition) is 2. The van der Waals surface area contributed by atoms with Gasteiger partial charge in [0.05, 0.1) is 30.3 Å². The Kier molecular flexibility index (Phi) is 6.08. The molecule has 0 unspecified atom stereocenters. The SMILES string of the molecule is COc1nc(NS(=O)(=O)c2c[nH]c3c(-n4cccn4)c(Cl)ccc23)nc(OC)c1CC(F)F. The lowest BCUT2D eigenvalue weighted by molar-refractivity contribution is 0.146. The van der Waals surface area contributed by atoms with Crippen molar-refractivity contribution in [1.29, 1.82) is 0 Å². The van der Waals surface area contributed by atoms with E-state index in [9.17, 15) is 17.2 Å². The monoisotopic (exact) mass is 498 g/mol. The number of alkyl halides is 2. The molecule has 10 nitrogen and oxygen atoms in total. The predicted molar refractivity (Wildman–Crippen MR) is 116 cm³/mol. The van der Waals surface area contributed by atoms with Gasteiger partial charge in [-0.2, -0.15) is 15.1 Å². The van der Waals surface area contributed by atoms with Crippen LogP contribution in [-0.2, 0) is 16.4 Å². The van der Waals surface area contributed by atoms with Crippen LogP contribution in [0.25, 0.3) is 16.6 Å². The van der Waals surface area contributed by atoms with Crippen LogP contribution in [0.15, 0.2) is 41.7 Å². The number of ether oxygens (including phenoxy) is 2. The number of sulfonamides is 1. The van der Waals surface area contributed by atoms with E-state index < -0.39 is 28.8 Å². The fraction of sp³-hybridized carbons (Fsp3) is 0.211. The Bertz CT molecular complexity index is 1380. The smallest absolute Gasteiger partial charge is 0.266 e. The third-order valence-electron chi connectivity index (χ3n) is 4.67. The van der Waals surface area contributed by atoms with Crippen molar-refractivity contribution >= 4 is 38.5 Å². The van der Waals surface area contributed by atoms with Gasteiger partial charge in [0, 0.05) is 30.4 Å². The van der Waals surface area contributed by atoms with Crippen LogP contribution in [0.4, 0.5) is 14.7 Å². The summed E-state index contributed by atoms with van der Waals surface area (Å²) in [4.78, 5) is 10.6. The number of H-pyrrole nitrogens is 1. The Hall–Kier alpha value is -3.45. The summed E-state index contributed by atoms with van der Waals surface area (Å²) < 4.78 is 66.0. The maximum atomic E-state index is 13.2. The highest BCUT2D eigenvalue weighted by Gasteiger charge is 2.25. The van der Waals surface area contributed by atoms with Crippen LogP contribution in [0.1, 0.15) is 5.56 Å². The molecule has 0 saturated carbocycles. The first-order valence-corrected chi connectivity index (χ1v) is 11.2. The number of anilines is 1. The molecule has 3 heterocycles. The first-order valence-electron chi connectivity index (χ1n) is 9.34. The molecule has 0 spiro atoms. The lowest BCUT2D eigenvalue weighted by Gasteiger charge is -2.14. The first kappa shape index (κ1) is 22.7. The van der Waals surface area contributed by atoms with Gasteiger partial charge in [-0.3, -0.25) is 0 Å². The minimum Gasteiger partial charge on any atom is -0.481 e. The van der Waals surface area contributed by atoms with Crippen molar-refractivity contribution in [1.82, 2.24) is 24.7 Å². The van der Waals surface area contributed by atoms with E-state index in [1.54, 1.807) is 30.6 Å². The average Bonchev–Trinajstić information content (AvgIpc) is 3.44. The summed E-state index contributed by atoms with van der Waals surface area (Å²) in [5.41, 5.74) is 0.829. The van der Waals surface area contributed by atoms with Gasteiger partial charge >= 0.3 is 0 Å². The molecule has 0 aliphatic rings. The molecule has 0 saturated heterocycles. The van der Waals surface area contributed by atoms with Gasteiger partial charge in [-0.05, 0) is 18.2 Å². The first-order chi connectivity index (χ1) is 15.7. The number of hydrogen-bond acceptors (Lipinski definition) is 7. The van der Waals surface area contributed by atoms with Gasteiger partial charge in [0.2, 0.25) is 24.1 Å². The normalized spacial score (nSPS) is 11.8. The Morgan fingerprint density at radius 1 is 1.21 bits per heavy atom. The molecule has 0 aliphatic heterocycles. The quantitative estimate of drug-likeness (QED) is 0.381. The Morgan fingerprint density at radius 3 is 2.48 bits per heavy atom. The molecular formula is C19H17ClF2N6O4S. The summed E-state index contributed by atoms with van der Waals surface area (Å²) in [5, 5.41) is 4.85. The Morgan fingerprint density at radius 2 is 1.91 bits per heavy atom. The van der Waals surface area contributed by atoms with Crippen LogP contribution in [0.2, 0.25) is 5.02 Å². The molecule has 14 heteroatoms. The standard InChI is InChI=1S/C19H17ClF2N6O4S/c1-31-17-11(8-14(21)22)18(32-2)26-19(25-17)27-33(29,30)13-9-23-15-10(13)4-5-12(20)16(15)28-7-3-6-24-28/h3-7,9,14,23H,8H2,1-2H3,(H,25,26,27). The number of methoxy groups -OCH3 is 2. The fourth-order valence-corrected chi connectivity index (χ4v) is 4.67. The third-order valence-corrected chi connectivity index (χ3v) is 6.34. The van der Waals surface area contributed by atoms with Crippen LogP contribution >= 0.6 is 11.6 Å². The number of aromatic amines is 1. The number of rotatable bonds is 8. The van der Waals surface area contributed by atoms with E-state index in [0.717, 1.165) is 0 Å². The minimum atomic E-state index is -4.22. The van der Waals surface area contributed by atoms with E-state index in [1.165, 1.54) is 25.1 Å². The molecule has 33 heavy (non-hydrogen) atoms. The highest BCUT2D eigenvalue weighted by Crippen LogP contribution is 2.34. The zero-order valence-electron chi connectivity index (χ0n) is 17.2. The average molecular weight is 499 g/mol. The van der Waals surface area contributed by atoms with Crippen LogP contribution in [-0.4, -0.2) is 53.8 Å². The van der Waals surface area contributed by atoms with E-state index in [1.807, 2.05) is 0 Å². The molecule has 0 radical (unpaired) electrons. The zero-order chi connectivity index (χ0) is 23.8. The molecule has 0 amide bonds. The van der Waals surface area contributed by atoms with Gasteiger partial charge in [-0.15, -0.1) is 0 Å². The van der Waals surface area contributed by atoms with E-state index in [4.69, 9.17) is 21.1 Å². The molecule has 3 aromatic heterocycles. The molecule has 0 aliphatic carbocycles. The molecule has 0 bridgehead atoms. The minimum absolute atomic E-state index is 0.0800. The van der Waals surface area contributed by atoms with Crippen molar-refractivity contribution in [3.63, 3.8) is 0 Å². The maximum Gasteiger partial charge on any atom is 0.266 e. The van der Waals surface area contributed by atoms with Crippen molar-refractivity contribution < 1.29 is 26.7 Å². The lowest BCUT2D eigenvalue weighted by Crippen LogP contribution is -2.16. The molecule has 174 valence electrons. The van der Waals surface area contributed by atoms with E-state index in [-0.39, 0.29) is 22.2 Å². The van der Waals surface area contributed by atoms with E-state index in [2.05, 4.69) is 24.8 Å². The van der Waals surface area contributed by atoms with Crippen molar-refractivity contribution in [3.05, 3.63) is 47.4 Å². The summed E-state index contributed by atoms with van der Waals surface area (Å²) in [6, 6.07) is 4.80. The number of nitrogens with zero attached hydrogens (tertiary/aromatic N) is 4. The molecule has 4 rings (SSSR count). The summed E-state index contributed by atoms with van der Waals surface area (Å²) in [6.45, 7) is 0. The van der Waals surface area contributed by atoms with E-state index in [0.29, 0.717) is 21.6 Å². The summed E-state index contributed by atoms with van der Waals surface area (Å²) in [6.07, 6.45) is 1.09. The number of fused-ring (bicyclic) bond motifs is 1. The van der Waals surface area contributed by atoms with Crippen molar-refractivity contribution in [2.24, 2.45) is 0 Å². The highest BCUT2D eigenvalue weighted by molar-refractivity contribution is 7.93. The van der Waals surface area contributed by atoms with Crippen LogP contribution in [0.3, 0.4) is 0 Å². The second-order valence-electron chi connectivity index (χ2n) is 6.67. The van der Waals surface area contributed by atoms with Crippen LogP contribution in [0.5, 0.6) is 11.8 Å². The maximum absolute atomic E-state index is 13.2. The van der Waals surface area contributed by atoms with E-state index >= 15 is 0 Å². The summed E-state index contributed by atoms with van der Waals surface area (Å²) in [5.74, 6) is -0.865. The predicted octanol–water partition coefficient (Wildman–Crippen LogP) is 3.42. The second kappa shape index (κ2) is 8.83. The largest absolute Gasteiger partial charge is 0.481 e. The van der Waals surface area contributed by atoms with Gasteiger partial charge in [0.15, 0.2) is 0 Å². The topological polar surface area (TPSA) is 124 Å². The fourth-order valence-electron chi connectivity index (χ4n) is 3.31. The molecule has 0 fully saturated rings. The van der Waals surface area contributed by atoms with Crippen molar-refractivity contribution in [3.8, 4) is 17.4 Å².